The minimum Gasteiger partial charge on any atom is -0.455 e. The Kier molecular flexibility index (Phi) is 2.44. The number of aryl methyl sites for hydroxylation is 2. The van der Waals surface area contributed by atoms with Crippen molar-refractivity contribution < 1.29 is 18.6 Å². The van der Waals surface area contributed by atoms with Gasteiger partial charge in [-0.3, -0.25) is 0 Å². The molecule has 0 aliphatic heterocycles. The fourth-order valence-electron chi connectivity index (χ4n) is 4.15. The number of aromatic nitrogens is 1. The molecule has 0 saturated heterocycles. The number of nitrogens with zero attached hydrogens (tertiary/aromatic N) is 1. The molecule has 0 amide bonds. The Morgan fingerprint density at radius 1 is 0.929 bits per heavy atom. The third kappa shape index (κ3) is 2.37. The Morgan fingerprint density at radius 2 is 1.64 bits per heavy atom. The van der Waals surface area contributed by atoms with Gasteiger partial charge in [0, 0.05) is 32.0 Å². The van der Waals surface area contributed by atoms with Gasteiger partial charge in [-0.1, -0.05) is 56.2 Å². The smallest absolute Gasteiger partial charge is 0.216 e. The number of benzene rings is 3. The van der Waals surface area contributed by atoms with Gasteiger partial charge in [0.2, 0.25) is 5.69 Å². The maximum absolute atomic E-state index is 8.53. The molecule has 0 bridgehead atoms. The minimum absolute atomic E-state index is 0.0944. The van der Waals surface area contributed by atoms with Crippen LogP contribution in [0.5, 0.6) is 0 Å². The lowest BCUT2D eigenvalue weighted by molar-refractivity contribution is -0.660. The van der Waals surface area contributed by atoms with E-state index >= 15 is 0 Å². The van der Waals surface area contributed by atoms with Crippen LogP contribution in [0.3, 0.4) is 0 Å². The van der Waals surface area contributed by atoms with Crippen LogP contribution >= 0.6 is 0 Å². The van der Waals surface area contributed by atoms with E-state index in [0.29, 0.717) is 5.58 Å². The molecule has 28 heavy (non-hydrogen) atoms. The fraction of sp³-hybridized carbons (Fsp3) is 0.192. The monoisotopic (exact) mass is 373 g/mol. The SMILES string of the molecule is [2H]C([2H])([2H])C([2H])(c1ccc(-c2c(C)c3ccccc3c3c2oc2ccccc23)[n+](C)c1)C([2H])([2H])[2H]. The first-order valence-electron chi connectivity index (χ1n) is 12.7. The molecule has 5 rings (SSSR count). The van der Waals surface area contributed by atoms with E-state index in [4.69, 9.17) is 14.0 Å². The summed E-state index contributed by atoms with van der Waals surface area (Å²) in [4.78, 5) is 0. The van der Waals surface area contributed by atoms with Crippen LogP contribution < -0.4 is 4.57 Å². The van der Waals surface area contributed by atoms with E-state index < -0.39 is 19.6 Å². The summed E-state index contributed by atoms with van der Waals surface area (Å²) in [6, 6.07) is 19.1. The molecular formula is C26H24NO+. The maximum atomic E-state index is 8.53. The fourth-order valence-corrected chi connectivity index (χ4v) is 4.15. The molecule has 2 aromatic heterocycles. The Morgan fingerprint density at radius 3 is 2.39 bits per heavy atom. The lowest BCUT2D eigenvalue weighted by Gasteiger charge is -2.11. The maximum Gasteiger partial charge on any atom is 0.216 e. The van der Waals surface area contributed by atoms with Gasteiger partial charge in [-0.2, -0.15) is 0 Å². The zero-order chi connectivity index (χ0) is 25.3. The number of furan rings is 1. The van der Waals surface area contributed by atoms with Crippen LogP contribution in [0.15, 0.2) is 71.3 Å². The second kappa shape index (κ2) is 6.20. The van der Waals surface area contributed by atoms with Gasteiger partial charge in [0.25, 0.3) is 0 Å². The standard InChI is InChI=1S/C26H24NO/c1-16(2)18-13-14-22(27(4)15-18)24-17(3)19-9-5-6-10-20(19)25-21-11-7-8-12-23(21)28-26(24)25/h5-16H,1-4H3/q+1/i1D3,2D3,16D. The summed E-state index contributed by atoms with van der Waals surface area (Å²) < 4.78 is 63.5. The molecule has 2 heterocycles. The number of hydrogen-bond acceptors (Lipinski definition) is 1. The topological polar surface area (TPSA) is 17.0 Å². The Labute approximate surface area is 174 Å². The van der Waals surface area contributed by atoms with Gasteiger partial charge < -0.3 is 4.42 Å². The third-order valence-electron chi connectivity index (χ3n) is 5.48. The van der Waals surface area contributed by atoms with Gasteiger partial charge >= 0.3 is 0 Å². The van der Waals surface area contributed by atoms with E-state index in [9.17, 15) is 0 Å². The molecule has 0 unspecified atom stereocenters. The molecule has 5 aromatic rings. The lowest BCUT2D eigenvalue weighted by Crippen LogP contribution is -2.31. The van der Waals surface area contributed by atoms with Crippen molar-refractivity contribution in [1.82, 2.24) is 0 Å². The highest BCUT2D eigenvalue weighted by Gasteiger charge is 2.24. The van der Waals surface area contributed by atoms with Crippen LogP contribution in [0.1, 0.15) is 40.3 Å². The number of rotatable bonds is 2. The summed E-state index contributed by atoms with van der Waals surface area (Å²) >= 11 is 0. The Balaban J connectivity index is 1.84. The van der Waals surface area contributed by atoms with Crippen molar-refractivity contribution in [3.05, 3.63) is 78.0 Å². The van der Waals surface area contributed by atoms with Crippen LogP contribution in [0.4, 0.5) is 0 Å². The largest absolute Gasteiger partial charge is 0.455 e. The second-order valence-corrected chi connectivity index (χ2v) is 7.14. The summed E-state index contributed by atoms with van der Waals surface area (Å²) in [6.07, 6.45) is 1.43. The van der Waals surface area contributed by atoms with Crippen molar-refractivity contribution in [2.75, 3.05) is 0 Å². The van der Waals surface area contributed by atoms with Gasteiger partial charge in [0.15, 0.2) is 6.20 Å². The van der Waals surface area contributed by atoms with Crippen LogP contribution in [0, 0.1) is 6.92 Å². The van der Waals surface area contributed by atoms with Gasteiger partial charge in [-0.05, 0) is 41.3 Å². The van der Waals surface area contributed by atoms with Crippen molar-refractivity contribution in [3.63, 3.8) is 0 Å². The van der Waals surface area contributed by atoms with Gasteiger partial charge in [0.05, 0.1) is 5.56 Å². The van der Waals surface area contributed by atoms with Crippen molar-refractivity contribution in [1.29, 1.82) is 0 Å². The van der Waals surface area contributed by atoms with E-state index in [2.05, 4.69) is 12.1 Å². The van der Waals surface area contributed by atoms with E-state index in [1.165, 1.54) is 12.3 Å². The Bertz CT molecular complexity index is 1600. The molecule has 0 N–H and O–H groups in total. The van der Waals surface area contributed by atoms with Crippen LogP contribution in [0.2, 0.25) is 0 Å². The summed E-state index contributed by atoms with van der Waals surface area (Å²) in [7, 11) is 1.72. The quantitative estimate of drug-likeness (QED) is 0.316. The predicted molar refractivity (Wildman–Crippen MR) is 117 cm³/mol. The number of fused-ring (bicyclic) bond motifs is 5. The van der Waals surface area contributed by atoms with Crippen molar-refractivity contribution in [3.8, 4) is 11.3 Å². The van der Waals surface area contributed by atoms with Gasteiger partial charge in [-0.15, -0.1) is 0 Å². The molecule has 2 heteroatoms. The lowest BCUT2D eigenvalue weighted by atomic mass is 9.93. The van der Waals surface area contributed by atoms with Crippen molar-refractivity contribution >= 4 is 32.7 Å². The van der Waals surface area contributed by atoms with E-state index in [0.717, 1.165) is 43.9 Å². The molecule has 0 spiro atoms. The highest BCUT2D eigenvalue weighted by molar-refractivity contribution is 6.23. The third-order valence-corrected chi connectivity index (χ3v) is 5.48. The normalized spacial score (nSPS) is 16.9. The first kappa shape index (κ1) is 11.0. The summed E-state index contributed by atoms with van der Waals surface area (Å²) in [6.45, 7) is -4.08. The molecule has 0 radical (unpaired) electrons. The number of pyridine rings is 1. The average Bonchev–Trinajstić information content (AvgIpc) is 3.17. The van der Waals surface area contributed by atoms with Crippen LogP contribution in [-0.4, -0.2) is 0 Å². The Hall–Kier alpha value is -3.13. The molecule has 0 fully saturated rings. The zero-order valence-electron chi connectivity index (χ0n) is 22.7. The van der Waals surface area contributed by atoms with E-state index in [-0.39, 0.29) is 5.56 Å². The first-order valence-corrected chi connectivity index (χ1v) is 9.19. The van der Waals surface area contributed by atoms with Crippen molar-refractivity contribution in [2.24, 2.45) is 7.05 Å². The molecule has 138 valence electrons. The van der Waals surface area contributed by atoms with E-state index in [1.54, 1.807) is 17.7 Å². The van der Waals surface area contributed by atoms with Gasteiger partial charge in [-0.25, -0.2) is 4.57 Å². The highest BCUT2D eigenvalue weighted by atomic mass is 16.3. The molecule has 0 saturated carbocycles. The number of para-hydroxylation sites is 1. The van der Waals surface area contributed by atoms with Crippen molar-refractivity contribution in [2.45, 2.75) is 26.5 Å². The van der Waals surface area contributed by atoms with Crippen LogP contribution in [0.25, 0.3) is 44.0 Å². The van der Waals surface area contributed by atoms with Gasteiger partial charge in [0.1, 0.15) is 18.2 Å². The molecule has 3 aromatic carbocycles. The first-order chi connectivity index (χ1) is 16.4. The molecular weight excluding hydrogens is 342 g/mol. The molecule has 0 aliphatic rings. The highest BCUT2D eigenvalue weighted by Crippen LogP contribution is 2.42. The second-order valence-electron chi connectivity index (χ2n) is 7.14. The average molecular weight is 374 g/mol. The molecule has 2 nitrogen and oxygen atoms in total. The van der Waals surface area contributed by atoms with Crippen LogP contribution in [-0.2, 0) is 7.05 Å². The predicted octanol–water partition coefficient (Wildman–Crippen LogP) is 6.66. The summed E-state index contributed by atoms with van der Waals surface area (Å²) in [5, 5.41) is 4.11. The van der Waals surface area contributed by atoms with E-state index in [1.807, 2.05) is 43.3 Å². The number of hydrogen-bond donors (Lipinski definition) is 0. The minimum atomic E-state index is -3.04. The molecule has 0 aliphatic carbocycles. The summed E-state index contributed by atoms with van der Waals surface area (Å²) in [5.41, 5.74) is 3.91. The molecule has 0 atom stereocenters. The summed E-state index contributed by atoms with van der Waals surface area (Å²) in [5.74, 6) is -2.76. The zero-order valence-corrected chi connectivity index (χ0v) is 15.7.